The summed E-state index contributed by atoms with van der Waals surface area (Å²) in [5, 5.41) is 0. The lowest BCUT2D eigenvalue weighted by Gasteiger charge is -2.11. The van der Waals surface area contributed by atoms with Crippen molar-refractivity contribution < 1.29 is 0 Å². The SMILES string of the molecule is Nc1ccc(NNc2ccccc2)c(N)n1. The molecule has 1 aromatic heterocycles. The fraction of sp³-hybridized carbons (Fsp3) is 0. The first-order valence-corrected chi connectivity index (χ1v) is 4.85. The minimum atomic E-state index is 0.364. The molecule has 0 fully saturated rings. The van der Waals surface area contributed by atoms with E-state index in [0.717, 1.165) is 5.69 Å². The van der Waals surface area contributed by atoms with Crippen molar-refractivity contribution in [3.63, 3.8) is 0 Å². The number of hydrazine groups is 1. The number of aromatic nitrogens is 1. The lowest BCUT2D eigenvalue weighted by molar-refractivity contribution is 1.31. The first kappa shape index (κ1) is 10.1. The largest absolute Gasteiger partial charge is 0.384 e. The number of hydrogen-bond acceptors (Lipinski definition) is 5. The molecule has 2 aromatic rings. The van der Waals surface area contributed by atoms with Gasteiger partial charge < -0.3 is 16.9 Å². The van der Waals surface area contributed by atoms with Gasteiger partial charge in [0.05, 0.1) is 11.4 Å². The number of benzene rings is 1. The lowest BCUT2D eigenvalue weighted by Crippen LogP contribution is -2.11. The van der Waals surface area contributed by atoms with Gasteiger partial charge in [-0.2, -0.15) is 0 Å². The van der Waals surface area contributed by atoms with E-state index in [4.69, 9.17) is 11.5 Å². The highest BCUT2D eigenvalue weighted by molar-refractivity contribution is 5.66. The number of nitrogens with zero attached hydrogens (tertiary/aromatic N) is 1. The highest BCUT2D eigenvalue weighted by Crippen LogP contribution is 2.17. The Bertz CT molecular complexity index is 469. The second-order valence-corrected chi connectivity index (χ2v) is 3.28. The Morgan fingerprint density at radius 1 is 0.875 bits per heavy atom. The molecule has 0 saturated carbocycles. The molecule has 82 valence electrons. The molecule has 16 heavy (non-hydrogen) atoms. The number of nitrogens with one attached hydrogen (secondary N) is 2. The Morgan fingerprint density at radius 3 is 2.31 bits per heavy atom. The van der Waals surface area contributed by atoms with E-state index in [9.17, 15) is 0 Å². The molecule has 2 rings (SSSR count). The van der Waals surface area contributed by atoms with Gasteiger partial charge in [0, 0.05) is 0 Å². The maximum absolute atomic E-state index is 5.69. The minimum absolute atomic E-state index is 0.364. The van der Waals surface area contributed by atoms with Gasteiger partial charge in [-0.25, -0.2) is 4.98 Å². The molecule has 0 radical (unpaired) electrons. The zero-order valence-corrected chi connectivity index (χ0v) is 8.64. The molecule has 0 atom stereocenters. The Labute approximate surface area is 93.5 Å². The van der Waals surface area contributed by atoms with E-state index >= 15 is 0 Å². The van der Waals surface area contributed by atoms with E-state index in [1.54, 1.807) is 12.1 Å². The van der Waals surface area contributed by atoms with Crippen molar-refractivity contribution in [1.82, 2.24) is 4.98 Å². The third kappa shape index (κ3) is 2.33. The number of anilines is 4. The third-order valence-electron chi connectivity index (χ3n) is 2.06. The van der Waals surface area contributed by atoms with Crippen LogP contribution < -0.4 is 22.3 Å². The Hall–Kier alpha value is -2.43. The van der Waals surface area contributed by atoms with Crippen LogP contribution in [0.2, 0.25) is 0 Å². The summed E-state index contributed by atoms with van der Waals surface area (Å²) in [6.45, 7) is 0. The quantitative estimate of drug-likeness (QED) is 0.585. The van der Waals surface area contributed by atoms with Gasteiger partial charge in [0.2, 0.25) is 0 Å². The molecule has 0 aliphatic heterocycles. The second kappa shape index (κ2) is 4.39. The van der Waals surface area contributed by atoms with Crippen LogP contribution in [0, 0.1) is 0 Å². The molecule has 0 aliphatic rings. The van der Waals surface area contributed by atoms with Crippen molar-refractivity contribution in [3.8, 4) is 0 Å². The highest BCUT2D eigenvalue weighted by atomic mass is 15.4. The number of hydrogen-bond donors (Lipinski definition) is 4. The molecule has 0 spiro atoms. The van der Waals surface area contributed by atoms with Gasteiger partial charge in [0.15, 0.2) is 5.82 Å². The van der Waals surface area contributed by atoms with Crippen LogP contribution >= 0.6 is 0 Å². The molecule has 1 aromatic carbocycles. The maximum atomic E-state index is 5.69. The average Bonchev–Trinajstić information content (AvgIpc) is 2.29. The predicted molar refractivity (Wildman–Crippen MR) is 66.7 cm³/mol. The van der Waals surface area contributed by atoms with Crippen LogP contribution in [0.25, 0.3) is 0 Å². The summed E-state index contributed by atoms with van der Waals surface area (Å²) in [4.78, 5) is 3.94. The number of nitrogen functional groups attached to an aromatic ring is 2. The summed E-state index contributed by atoms with van der Waals surface area (Å²) in [5.41, 5.74) is 18.8. The third-order valence-corrected chi connectivity index (χ3v) is 2.06. The summed E-state index contributed by atoms with van der Waals surface area (Å²) < 4.78 is 0. The van der Waals surface area contributed by atoms with Gasteiger partial charge in [-0.05, 0) is 24.3 Å². The zero-order chi connectivity index (χ0) is 11.4. The molecule has 0 amide bonds. The smallest absolute Gasteiger partial charge is 0.151 e. The average molecular weight is 215 g/mol. The monoisotopic (exact) mass is 215 g/mol. The Morgan fingerprint density at radius 2 is 1.62 bits per heavy atom. The van der Waals surface area contributed by atoms with E-state index in [-0.39, 0.29) is 0 Å². The maximum Gasteiger partial charge on any atom is 0.151 e. The summed E-state index contributed by atoms with van der Waals surface area (Å²) in [7, 11) is 0. The van der Waals surface area contributed by atoms with Crippen LogP contribution in [0.4, 0.5) is 23.0 Å². The second-order valence-electron chi connectivity index (χ2n) is 3.28. The van der Waals surface area contributed by atoms with Crippen LogP contribution in [0.3, 0.4) is 0 Å². The molecule has 0 aliphatic carbocycles. The molecule has 6 N–H and O–H groups in total. The number of pyridine rings is 1. The Kier molecular flexibility index (Phi) is 2.77. The summed E-state index contributed by atoms with van der Waals surface area (Å²) in [6.07, 6.45) is 0. The topological polar surface area (TPSA) is 89.0 Å². The van der Waals surface area contributed by atoms with Crippen LogP contribution in [0.5, 0.6) is 0 Å². The van der Waals surface area contributed by atoms with Crippen molar-refractivity contribution in [3.05, 3.63) is 42.5 Å². The van der Waals surface area contributed by atoms with Gasteiger partial charge in [0.1, 0.15) is 5.82 Å². The summed E-state index contributed by atoms with van der Waals surface area (Å²) in [5.74, 6) is 0.770. The van der Waals surface area contributed by atoms with E-state index in [1.807, 2.05) is 30.3 Å². The molecule has 5 nitrogen and oxygen atoms in total. The number of nitrogens with two attached hydrogens (primary N) is 2. The highest BCUT2D eigenvalue weighted by Gasteiger charge is 1.99. The number of para-hydroxylation sites is 1. The van der Waals surface area contributed by atoms with Crippen molar-refractivity contribution in [2.75, 3.05) is 22.3 Å². The van der Waals surface area contributed by atoms with E-state index in [1.165, 1.54) is 0 Å². The van der Waals surface area contributed by atoms with Crippen LogP contribution in [-0.2, 0) is 0 Å². The van der Waals surface area contributed by atoms with Crippen molar-refractivity contribution in [2.24, 2.45) is 0 Å². The van der Waals surface area contributed by atoms with Crippen molar-refractivity contribution in [2.45, 2.75) is 0 Å². The molecular weight excluding hydrogens is 202 g/mol. The minimum Gasteiger partial charge on any atom is -0.384 e. The molecule has 1 heterocycles. The first-order chi connectivity index (χ1) is 7.75. The van der Waals surface area contributed by atoms with E-state index < -0.39 is 0 Å². The van der Waals surface area contributed by atoms with Gasteiger partial charge in [-0.15, -0.1) is 0 Å². The van der Waals surface area contributed by atoms with Gasteiger partial charge in [-0.1, -0.05) is 18.2 Å². The van der Waals surface area contributed by atoms with E-state index in [2.05, 4.69) is 15.8 Å². The molecule has 0 bridgehead atoms. The van der Waals surface area contributed by atoms with Gasteiger partial charge in [-0.3, -0.25) is 5.43 Å². The van der Waals surface area contributed by atoms with Gasteiger partial charge >= 0.3 is 0 Å². The van der Waals surface area contributed by atoms with Gasteiger partial charge in [0.25, 0.3) is 0 Å². The lowest BCUT2D eigenvalue weighted by atomic mass is 10.3. The van der Waals surface area contributed by atoms with Crippen LogP contribution in [0.15, 0.2) is 42.5 Å². The molecule has 5 heteroatoms. The summed E-state index contributed by atoms with van der Waals surface area (Å²) in [6, 6.07) is 13.2. The molecular formula is C11H13N5. The standard InChI is InChI=1S/C11H13N5/c12-10-7-6-9(11(13)14-10)16-15-8-4-2-1-3-5-8/h1-7,15-16H,(H4,12,13,14). The van der Waals surface area contributed by atoms with Crippen LogP contribution in [0.1, 0.15) is 0 Å². The molecule has 0 unspecified atom stereocenters. The summed E-state index contributed by atoms with van der Waals surface area (Å²) >= 11 is 0. The van der Waals surface area contributed by atoms with Crippen molar-refractivity contribution >= 4 is 23.0 Å². The fourth-order valence-electron chi connectivity index (χ4n) is 1.26. The fourth-order valence-corrected chi connectivity index (χ4v) is 1.26. The first-order valence-electron chi connectivity index (χ1n) is 4.85. The number of rotatable bonds is 3. The predicted octanol–water partition coefficient (Wildman–Crippen LogP) is 1.68. The Balaban J connectivity index is 2.05. The van der Waals surface area contributed by atoms with E-state index in [0.29, 0.717) is 17.3 Å². The molecule has 0 saturated heterocycles. The van der Waals surface area contributed by atoms with Crippen molar-refractivity contribution in [1.29, 1.82) is 0 Å². The van der Waals surface area contributed by atoms with Crippen LogP contribution in [-0.4, -0.2) is 4.98 Å². The zero-order valence-electron chi connectivity index (χ0n) is 8.64. The normalized spacial score (nSPS) is 9.75.